The van der Waals surface area contributed by atoms with Crippen LogP contribution in [-0.2, 0) is 16.0 Å². The molecule has 5 nitrogen and oxygen atoms in total. The smallest absolute Gasteiger partial charge is 0.306 e. The molecule has 1 amide bonds. The molecule has 1 aromatic rings. The van der Waals surface area contributed by atoms with Crippen molar-refractivity contribution in [1.82, 2.24) is 5.32 Å². The van der Waals surface area contributed by atoms with Crippen LogP contribution in [0.15, 0.2) is 24.3 Å². The molecule has 1 aliphatic rings. The number of rotatable bonds is 6. The number of hydrogen-bond donors (Lipinski definition) is 2. The molecular weight excluding hydrogens is 282 g/mol. The number of nitrogens with one attached hydrogen (secondary N) is 1. The van der Waals surface area contributed by atoms with E-state index in [1.54, 1.807) is 0 Å². The summed E-state index contributed by atoms with van der Waals surface area (Å²) in [6.45, 7) is 3.89. The Hall–Kier alpha value is -2.04. The monoisotopic (exact) mass is 305 g/mol. The number of carbonyl (C=O) groups is 2. The molecule has 0 aliphatic heterocycles. The SMILES string of the molecule is CC(C)Oc1ccccc1CC(=O)N[C@H]1CC[C@@H](C(=O)O)C1. The summed E-state index contributed by atoms with van der Waals surface area (Å²) in [6, 6.07) is 7.47. The van der Waals surface area contributed by atoms with Crippen molar-refractivity contribution in [2.75, 3.05) is 0 Å². The quantitative estimate of drug-likeness (QED) is 0.846. The van der Waals surface area contributed by atoms with Gasteiger partial charge in [0.05, 0.1) is 18.4 Å². The van der Waals surface area contributed by atoms with Crippen LogP contribution in [0.25, 0.3) is 0 Å². The lowest BCUT2D eigenvalue weighted by molar-refractivity contribution is -0.141. The number of carboxylic acids is 1. The molecule has 1 aromatic carbocycles. The van der Waals surface area contributed by atoms with Crippen LogP contribution in [0.2, 0.25) is 0 Å². The van der Waals surface area contributed by atoms with Crippen molar-refractivity contribution < 1.29 is 19.4 Å². The van der Waals surface area contributed by atoms with E-state index < -0.39 is 5.97 Å². The third-order valence-corrected chi connectivity index (χ3v) is 3.83. The maximum absolute atomic E-state index is 12.2. The van der Waals surface area contributed by atoms with E-state index in [4.69, 9.17) is 9.84 Å². The van der Waals surface area contributed by atoms with Crippen LogP contribution in [0.4, 0.5) is 0 Å². The highest BCUT2D eigenvalue weighted by atomic mass is 16.5. The summed E-state index contributed by atoms with van der Waals surface area (Å²) >= 11 is 0. The van der Waals surface area contributed by atoms with Crippen LogP contribution in [-0.4, -0.2) is 29.1 Å². The molecule has 0 bridgehead atoms. The third kappa shape index (κ3) is 4.48. The molecule has 0 saturated heterocycles. The lowest BCUT2D eigenvalue weighted by atomic mass is 10.1. The van der Waals surface area contributed by atoms with Gasteiger partial charge in [0.2, 0.25) is 5.91 Å². The van der Waals surface area contributed by atoms with Gasteiger partial charge in [-0.05, 0) is 39.2 Å². The molecular formula is C17H23NO4. The zero-order valence-corrected chi connectivity index (χ0v) is 13.0. The molecule has 5 heteroatoms. The average molecular weight is 305 g/mol. The first-order valence-corrected chi connectivity index (χ1v) is 7.72. The molecule has 2 atom stereocenters. The number of amides is 1. The Kier molecular flexibility index (Phi) is 5.41. The van der Waals surface area contributed by atoms with Crippen LogP contribution >= 0.6 is 0 Å². The average Bonchev–Trinajstić information content (AvgIpc) is 2.89. The molecule has 1 aliphatic carbocycles. The van der Waals surface area contributed by atoms with Crippen molar-refractivity contribution in [3.63, 3.8) is 0 Å². The van der Waals surface area contributed by atoms with Gasteiger partial charge in [0.1, 0.15) is 5.75 Å². The van der Waals surface area contributed by atoms with Crippen LogP contribution in [0.3, 0.4) is 0 Å². The van der Waals surface area contributed by atoms with Crippen molar-refractivity contribution in [1.29, 1.82) is 0 Å². The predicted octanol–water partition coefficient (Wildman–Crippen LogP) is 2.39. The lowest BCUT2D eigenvalue weighted by Crippen LogP contribution is -2.34. The molecule has 0 heterocycles. The highest BCUT2D eigenvalue weighted by Crippen LogP contribution is 2.26. The minimum absolute atomic E-state index is 0.0354. The fourth-order valence-corrected chi connectivity index (χ4v) is 2.81. The van der Waals surface area contributed by atoms with Crippen LogP contribution in [0, 0.1) is 5.92 Å². The number of para-hydroxylation sites is 1. The Morgan fingerprint density at radius 1 is 1.32 bits per heavy atom. The van der Waals surface area contributed by atoms with E-state index in [1.165, 1.54) is 0 Å². The summed E-state index contributed by atoms with van der Waals surface area (Å²) in [5.41, 5.74) is 0.849. The molecule has 0 radical (unpaired) electrons. The Morgan fingerprint density at radius 3 is 2.68 bits per heavy atom. The zero-order valence-electron chi connectivity index (χ0n) is 13.0. The topological polar surface area (TPSA) is 75.6 Å². The number of aliphatic carboxylic acids is 1. The molecule has 2 rings (SSSR count). The normalized spacial score (nSPS) is 20.9. The highest BCUT2D eigenvalue weighted by Gasteiger charge is 2.30. The Morgan fingerprint density at radius 2 is 2.05 bits per heavy atom. The maximum Gasteiger partial charge on any atom is 0.306 e. The third-order valence-electron chi connectivity index (χ3n) is 3.83. The van der Waals surface area contributed by atoms with Crippen molar-refractivity contribution in [2.45, 2.75) is 51.7 Å². The standard InChI is InChI=1S/C17H23NO4/c1-11(2)22-15-6-4-3-5-12(15)10-16(19)18-14-8-7-13(9-14)17(20)21/h3-6,11,13-14H,7-10H2,1-2H3,(H,18,19)(H,20,21)/t13-,14+/m1/s1. The first kappa shape index (κ1) is 16.3. The molecule has 1 saturated carbocycles. The molecule has 2 N–H and O–H groups in total. The second-order valence-corrected chi connectivity index (χ2v) is 6.06. The van der Waals surface area contributed by atoms with Gasteiger partial charge < -0.3 is 15.2 Å². The number of ether oxygens (including phenoxy) is 1. The van der Waals surface area contributed by atoms with E-state index >= 15 is 0 Å². The number of carboxylic acid groups (broad SMARTS) is 1. The van der Waals surface area contributed by atoms with E-state index in [0.717, 1.165) is 17.7 Å². The van der Waals surface area contributed by atoms with E-state index in [2.05, 4.69) is 5.32 Å². The summed E-state index contributed by atoms with van der Waals surface area (Å²) in [6.07, 6.45) is 2.18. The molecule has 22 heavy (non-hydrogen) atoms. The Bertz CT molecular complexity index is 541. The van der Waals surface area contributed by atoms with Gasteiger partial charge in [-0.1, -0.05) is 18.2 Å². The second kappa shape index (κ2) is 7.29. The molecule has 0 aromatic heterocycles. The van der Waals surface area contributed by atoms with Crippen LogP contribution < -0.4 is 10.1 Å². The van der Waals surface area contributed by atoms with Gasteiger partial charge >= 0.3 is 5.97 Å². The minimum Gasteiger partial charge on any atom is -0.491 e. The summed E-state index contributed by atoms with van der Waals surface area (Å²) in [7, 11) is 0. The zero-order chi connectivity index (χ0) is 16.1. The van der Waals surface area contributed by atoms with E-state index in [9.17, 15) is 9.59 Å². The fourth-order valence-electron chi connectivity index (χ4n) is 2.81. The molecule has 0 spiro atoms. The molecule has 0 unspecified atom stereocenters. The van der Waals surface area contributed by atoms with E-state index in [-0.39, 0.29) is 30.4 Å². The summed E-state index contributed by atoms with van der Waals surface area (Å²) < 4.78 is 5.71. The van der Waals surface area contributed by atoms with Crippen molar-refractivity contribution >= 4 is 11.9 Å². The Labute approximate surface area is 130 Å². The largest absolute Gasteiger partial charge is 0.491 e. The predicted molar refractivity (Wildman–Crippen MR) is 82.8 cm³/mol. The van der Waals surface area contributed by atoms with Crippen LogP contribution in [0.1, 0.15) is 38.7 Å². The van der Waals surface area contributed by atoms with Gasteiger partial charge in [-0.2, -0.15) is 0 Å². The van der Waals surface area contributed by atoms with Gasteiger partial charge in [0.15, 0.2) is 0 Å². The van der Waals surface area contributed by atoms with Crippen molar-refractivity contribution in [2.24, 2.45) is 5.92 Å². The summed E-state index contributed by atoms with van der Waals surface area (Å²) in [5.74, 6) is -0.465. The Balaban J connectivity index is 1.91. The summed E-state index contributed by atoms with van der Waals surface area (Å²) in [4.78, 5) is 23.1. The molecule has 120 valence electrons. The van der Waals surface area contributed by atoms with E-state index in [0.29, 0.717) is 12.8 Å². The first-order chi connectivity index (χ1) is 10.5. The fraction of sp³-hybridized carbons (Fsp3) is 0.529. The first-order valence-electron chi connectivity index (χ1n) is 7.72. The maximum atomic E-state index is 12.2. The van der Waals surface area contributed by atoms with Crippen molar-refractivity contribution in [3.05, 3.63) is 29.8 Å². The van der Waals surface area contributed by atoms with Gasteiger partial charge in [-0.15, -0.1) is 0 Å². The number of benzene rings is 1. The lowest BCUT2D eigenvalue weighted by Gasteiger charge is -2.16. The summed E-state index contributed by atoms with van der Waals surface area (Å²) in [5, 5.41) is 11.9. The van der Waals surface area contributed by atoms with Crippen molar-refractivity contribution in [3.8, 4) is 5.75 Å². The van der Waals surface area contributed by atoms with Gasteiger partial charge in [0, 0.05) is 11.6 Å². The van der Waals surface area contributed by atoms with Gasteiger partial charge in [-0.25, -0.2) is 0 Å². The number of hydrogen-bond acceptors (Lipinski definition) is 3. The highest BCUT2D eigenvalue weighted by molar-refractivity contribution is 5.80. The molecule has 1 fully saturated rings. The second-order valence-electron chi connectivity index (χ2n) is 6.06. The van der Waals surface area contributed by atoms with Gasteiger partial charge in [-0.3, -0.25) is 9.59 Å². The van der Waals surface area contributed by atoms with Crippen LogP contribution in [0.5, 0.6) is 5.75 Å². The van der Waals surface area contributed by atoms with E-state index in [1.807, 2.05) is 38.1 Å². The van der Waals surface area contributed by atoms with Gasteiger partial charge in [0.25, 0.3) is 0 Å². The minimum atomic E-state index is -0.771. The number of carbonyl (C=O) groups excluding carboxylic acids is 1.